The predicted molar refractivity (Wildman–Crippen MR) is 76.2 cm³/mol. The molecule has 2 rings (SSSR count). The Morgan fingerprint density at radius 2 is 1.62 bits per heavy atom. The summed E-state index contributed by atoms with van der Waals surface area (Å²) < 4.78 is 39.1. The van der Waals surface area contributed by atoms with Crippen molar-refractivity contribution >= 4 is 17.4 Å². The van der Waals surface area contributed by atoms with Gasteiger partial charge in [0.1, 0.15) is 0 Å². The molecule has 0 amide bonds. The first-order valence-corrected chi connectivity index (χ1v) is 6.96. The minimum absolute atomic E-state index is 0.0411. The Hall–Kier alpha value is -1.76. The largest absolute Gasteiger partial charge is 0.417 e. The lowest BCUT2D eigenvalue weighted by molar-refractivity contribution is -0.139. The summed E-state index contributed by atoms with van der Waals surface area (Å²) in [5, 5.41) is 0.297. The zero-order valence-corrected chi connectivity index (χ0v) is 12.6. The highest BCUT2D eigenvalue weighted by Crippen LogP contribution is 2.39. The first-order chi connectivity index (χ1) is 9.68. The molecule has 0 aliphatic rings. The lowest BCUT2D eigenvalue weighted by atomic mass is 10.2. The number of benzene rings is 1. The van der Waals surface area contributed by atoms with Gasteiger partial charge in [-0.3, -0.25) is 0 Å². The van der Waals surface area contributed by atoms with Gasteiger partial charge in [0.15, 0.2) is 5.16 Å². The molecular weight excluding hydrogens is 299 g/mol. The average molecular weight is 313 g/mol. The van der Waals surface area contributed by atoms with E-state index in [-0.39, 0.29) is 10.6 Å². The fourth-order valence-corrected chi connectivity index (χ4v) is 2.73. The number of hydrogen-bond donors (Lipinski definition) is 1. The van der Waals surface area contributed by atoms with Gasteiger partial charge < -0.3 is 5.73 Å². The number of aromatic nitrogens is 2. The van der Waals surface area contributed by atoms with Crippen molar-refractivity contribution in [3.8, 4) is 0 Å². The lowest BCUT2D eigenvalue weighted by Crippen LogP contribution is -2.08. The Bertz CT molecular complexity index is 661. The Morgan fingerprint density at radius 3 is 2.14 bits per heavy atom. The third-order valence-corrected chi connectivity index (χ3v) is 4.06. The molecule has 0 unspecified atom stereocenters. The van der Waals surface area contributed by atoms with Crippen LogP contribution in [-0.4, -0.2) is 9.97 Å². The molecule has 0 aliphatic carbocycles. The van der Waals surface area contributed by atoms with Crippen molar-refractivity contribution in [2.45, 2.75) is 37.0 Å². The second-order valence-electron chi connectivity index (χ2n) is 4.66. The van der Waals surface area contributed by atoms with E-state index in [0.29, 0.717) is 5.16 Å². The molecule has 0 atom stereocenters. The number of hydrogen-bond acceptors (Lipinski definition) is 4. The van der Waals surface area contributed by atoms with E-state index in [9.17, 15) is 13.2 Å². The van der Waals surface area contributed by atoms with Gasteiger partial charge in [-0.2, -0.15) is 13.2 Å². The molecule has 0 saturated carbocycles. The summed E-state index contributed by atoms with van der Waals surface area (Å²) in [5.74, 6) is 0. The van der Waals surface area contributed by atoms with E-state index in [4.69, 9.17) is 5.73 Å². The quantitative estimate of drug-likeness (QED) is 0.668. The van der Waals surface area contributed by atoms with Crippen LogP contribution in [0.5, 0.6) is 0 Å². The number of nitrogens with zero attached hydrogens (tertiary/aromatic N) is 2. The Balaban J connectivity index is 2.45. The molecule has 2 N–H and O–H groups in total. The normalized spacial score (nSPS) is 11.7. The third kappa shape index (κ3) is 3.47. The second kappa shape index (κ2) is 5.55. The van der Waals surface area contributed by atoms with Gasteiger partial charge in [-0.15, -0.1) is 0 Å². The summed E-state index contributed by atoms with van der Waals surface area (Å²) in [4.78, 5) is 8.50. The first-order valence-electron chi connectivity index (χ1n) is 6.15. The average Bonchev–Trinajstić information content (AvgIpc) is 2.37. The Labute approximate surface area is 124 Å². The standard InChI is InChI=1S/C14H14F3N3S/c1-7-8(2)19-13(20-9(7)3)21-12-5-4-10(18)6-11(12)14(15,16)17/h4-6H,18H2,1-3H3. The van der Waals surface area contributed by atoms with Gasteiger partial charge in [0, 0.05) is 22.0 Å². The molecule has 3 nitrogen and oxygen atoms in total. The summed E-state index contributed by atoms with van der Waals surface area (Å²) in [6.07, 6.45) is -4.47. The van der Waals surface area contributed by atoms with E-state index < -0.39 is 11.7 Å². The lowest BCUT2D eigenvalue weighted by Gasteiger charge is -2.13. The summed E-state index contributed by atoms with van der Waals surface area (Å²) in [5.41, 5.74) is 7.20. The van der Waals surface area contributed by atoms with Gasteiger partial charge in [-0.1, -0.05) is 0 Å². The number of alkyl halides is 3. The van der Waals surface area contributed by atoms with Gasteiger partial charge >= 0.3 is 6.18 Å². The number of anilines is 1. The molecule has 1 heterocycles. The van der Waals surface area contributed by atoms with E-state index in [2.05, 4.69) is 9.97 Å². The van der Waals surface area contributed by atoms with E-state index in [1.54, 1.807) is 0 Å². The van der Waals surface area contributed by atoms with Crippen LogP contribution in [0.25, 0.3) is 0 Å². The van der Waals surface area contributed by atoms with E-state index in [0.717, 1.165) is 34.8 Å². The number of aryl methyl sites for hydroxylation is 2. The molecule has 112 valence electrons. The van der Waals surface area contributed by atoms with Crippen molar-refractivity contribution in [3.05, 3.63) is 40.7 Å². The maximum atomic E-state index is 13.0. The van der Waals surface area contributed by atoms with Gasteiger partial charge in [-0.25, -0.2) is 9.97 Å². The summed E-state index contributed by atoms with van der Waals surface area (Å²) in [7, 11) is 0. The topological polar surface area (TPSA) is 51.8 Å². The molecular formula is C14H14F3N3S. The molecule has 7 heteroatoms. The molecule has 0 bridgehead atoms. The van der Waals surface area contributed by atoms with Crippen molar-refractivity contribution in [2.75, 3.05) is 5.73 Å². The highest BCUT2D eigenvalue weighted by molar-refractivity contribution is 7.99. The minimum Gasteiger partial charge on any atom is -0.399 e. The van der Waals surface area contributed by atoms with E-state index in [1.165, 1.54) is 12.1 Å². The Kier molecular flexibility index (Phi) is 4.13. The molecule has 2 aromatic rings. The van der Waals surface area contributed by atoms with Crippen LogP contribution >= 0.6 is 11.8 Å². The maximum Gasteiger partial charge on any atom is 0.417 e. The number of rotatable bonds is 2. The van der Waals surface area contributed by atoms with E-state index in [1.807, 2.05) is 20.8 Å². The second-order valence-corrected chi connectivity index (χ2v) is 5.67. The van der Waals surface area contributed by atoms with Crippen molar-refractivity contribution in [1.29, 1.82) is 0 Å². The van der Waals surface area contributed by atoms with Crippen LogP contribution < -0.4 is 5.73 Å². The van der Waals surface area contributed by atoms with Crippen LogP contribution in [0.2, 0.25) is 0 Å². The van der Waals surface area contributed by atoms with Crippen LogP contribution in [0.15, 0.2) is 28.3 Å². The third-order valence-electron chi connectivity index (χ3n) is 3.12. The molecule has 1 aromatic carbocycles. The van der Waals surface area contributed by atoms with Gasteiger partial charge in [0.2, 0.25) is 0 Å². The molecule has 21 heavy (non-hydrogen) atoms. The number of halogens is 3. The fourth-order valence-electron chi connectivity index (χ4n) is 1.74. The van der Waals surface area contributed by atoms with E-state index >= 15 is 0 Å². The highest BCUT2D eigenvalue weighted by atomic mass is 32.2. The highest BCUT2D eigenvalue weighted by Gasteiger charge is 2.34. The van der Waals surface area contributed by atoms with Crippen LogP contribution in [0, 0.1) is 20.8 Å². The zero-order chi connectivity index (χ0) is 15.8. The molecule has 0 fully saturated rings. The molecule has 0 saturated heterocycles. The molecule has 1 aromatic heterocycles. The van der Waals surface area contributed by atoms with Crippen LogP contribution in [0.4, 0.5) is 18.9 Å². The van der Waals surface area contributed by atoms with Crippen LogP contribution in [-0.2, 0) is 6.18 Å². The predicted octanol–water partition coefficient (Wildman–Crippen LogP) is 4.15. The fraction of sp³-hybridized carbons (Fsp3) is 0.286. The first kappa shape index (κ1) is 15.6. The van der Waals surface area contributed by atoms with Crippen LogP contribution in [0.3, 0.4) is 0 Å². The SMILES string of the molecule is Cc1nc(Sc2ccc(N)cc2C(F)(F)F)nc(C)c1C. The maximum absolute atomic E-state index is 13.0. The van der Waals surface area contributed by atoms with Crippen molar-refractivity contribution in [2.24, 2.45) is 0 Å². The van der Waals surface area contributed by atoms with Crippen LogP contribution in [0.1, 0.15) is 22.5 Å². The monoisotopic (exact) mass is 313 g/mol. The molecule has 0 spiro atoms. The molecule has 0 radical (unpaired) electrons. The Morgan fingerprint density at radius 1 is 1.05 bits per heavy atom. The number of nitrogen functional groups attached to an aromatic ring is 1. The zero-order valence-electron chi connectivity index (χ0n) is 11.7. The van der Waals surface area contributed by atoms with Crippen molar-refractivity contribution < 1.29 is 13.2 Å². The summed E-state index contributed by atoms with van der Waals surface area (Å²) in [6, 6.07) is 3.71. The van der Waals surface area contributed by atoms with Gasteiger partial charge in [0.05, 0.1) is 5.56 Å². The van der Waals surface area contributed by atoms with Crippen molar-refractivity contribution in [3.63, 3.8) is 0 Å². The van der Waals surface area contributed by atoms with Gasteiger partial charge in [-0.05, 0) is 56.3 Å². The molecule has 0 aliphatic heterocycles. The summed E-state index contributed by atoms with van der Waals surface area (Å²) >= 11 is 0.889. The smallest absolute Gasteiger partial charge is 0.399 e. The number of nitrogens with two attached hydrogens (primary N) is 1. The summed E-state index contributed by atoms with van der Waals surface area (Å²) in [6.45, 7) is 5.49. The van der Waals surface area contributed by atoms with Crippen molar-refractivity contribution in [1.82, 2.24) is 9.97 Å². The minimum atomic E-state index is -4.47. The van der Waals surface area contributed by atoms with Gasteiger partial charge in [0.25, 0.3) is 0 Å².